The number of carbonyl (C=O) groups excluding carboxylic acids is 2. The van der Waals surface area contributed by atoms with E-state index < -0.39 is 0 Å². The van der Waals surface area contributed by atoms with Gasteiger partial charge in [0.2, 0.25) is 0 Å². The topological polar surface area (TPSA) is 88.7 Å². The number of carbonyl (C=O) groups is 2. The largest absolute Gasteiger partial charge is 0.484 e. The lowest BCUT2D eigenvalue weighted by atomic mass is 10.3. The van der Waals surface area contributed by atoms with Gasteiger partial charge in [-0.25, -0.2) is 0 Å². The van der Waals surface area contributed by atoms with Crippen molar-refractivity contribution in [2.45, 2.75) is 0 Å². The SMILES string of the molecule is O=C1COc2cccc(c2)OCC(=O)NCCNCCN1. The van der Waals surface area contributed by atoms with E-state index in [0.717, 1.165) is 0 Å². The molecule has 0 aliphatic carbocycles. The first-order valence-corrected chi connectivity index (χ1v) is 6.84. The molecule has 0 fully saturated rings. The van der Waals surface area contributed by atoms with Gasteiger partial charge in [0.05, 0.1) is 0 Å². The second-order valence-electron chi connectivity index (χ2n) is 4.50. The van der Waals surface area contributed by atoms with Crippen LogP contribution in [0.3, 0.4) is 0 Å². The van der Waals surface area contributed by atoms with Gasteiger partial charge in [-0.2, -0.15) is 0 Å². The van der Waals surface area contributed by atoms with Crippen LogP contribution in [0, 0.1) is 0 Å². The number of fused-ring (bicyclic) bond motifs is 2. The van der Waals surface area contributed by atoms with Crippen molar-refractivity contribution < 1.29 is 19.1 Å². The summed E-state index contributed by atoms with van der Waals surface area (Å²) >= 11 is 0. The predicted octanol–water partition coefficient (Wildman–Crippen LogP) is -0.720. The number of rotatable bonds is 0. The monoisotopic (exact) mass is 293 g/mol. The Morgan fingerprint density at radius 3 is 1.86 bits per heavy atom. The van der Waals surface area contributed by atoms with Crippen molar-refractivity contribution in [3.05, 3.63) is 24.3 Å². The van der Waals surface area contributed by atoms with E-state index in [1.807, 2.05) is 0 Å². The molecule has 2 amide bonds. The zero-order valence-corrected chi connectivity index (χ0v) is 11.7. The lowest BCUT2D eigenvalue weighted by Crippen LogP contribution is -2.38. The zero-order chi connectivity index (χ0) is 14.9. The van der Waals surface area contributed by atoms with Crippen LogP contribution >= 0.6 is 0 Å². The van der Waals surface area contributed by atoms with E-state index in [1.165, 1.54) is 0 Å². The molecule has 114 valence electrons. The van der Waals surface area contributed by atoms with Crippen LogP contribution in [-0.2, 0) is 9.59 Å². The van der Waals surface area contributed by atoms with Crippen LogP contribution in [0.1, 0.15) is 0 Å². The summed E-state index contributed by atoms with van der Waals surface area (Å²) in [7, 11) is 0. The molecule has 21 heavy (non-hydrogen) atoms. The minimum absolute atomic E-state index is 0.0516. The molecular formula is C14H19N3O4. The molecule has 1 aliphatic heterocycles. The summed E-state index contributed by atoms with van der Waals surface area (Å²) in [5.74, 6) is 0.689. The molecule has 3 N–H and O–H groups in total. The summed E-state index contributed by atoms with van der Waals surface area (Å²) in [4.78, 5) is 23.1. The Labute approximate surface area is 123 Å². The Morgan fingerprint density at radius 1 is 0.810 bits per heavy atom. The second kappa shape index (κ2) is 8.11. The molecule has 2 bridgehead atoms. The third-order valence-corrected chi connectivity index (χ3v) is 2.79. The highest BCUT2D eigenvalue weighted by atomic mass is 16.5. The molecule has 2 rings (SSSR count). The third-order valence-electron chi connectivity index (χ3n) is 2.79. The van der Waals surface area contributed by atoms with Gasteiger partial charge < -0.3 is 25.4 Å². The Hall–Kier alpha value is -2.28. The zero-order valence-electron chi connectivity index (χ0n) is 11.7. The van der Waals surface area contributed by atoms with Crippen molar-refractivity contribution in [2.75, 3.05) is 39.4 Å². The molecule has 0 saturated heterocycles. The fourth-order valence-corrected chi connectivity index (χ4v) is 1.76. The highest BCUT2D eigenvalue weighted by molar-refractivity contribution is 5.78. The Balaban J connectivity index is 1.97. The first-order chi connectivity index (χ1) is 10.2. The standard InChI is InChI=1S/C14H19N3O4/c18-13-9-20-11-2-1-3-12(8-11)21-10-14(19)17-7-5-15-4-6-16-13/h1-3,8,15H,4-7,9-10H2,(H,16,18)(H,17,19). The minimum Gasteiger partial charge on any atom is -0.484 e. The molecule has 7 nitrogen and oxygen atoms in total. The van der Waals surface area contributed by atoms with Gasteiger partial charge in [0.15, 0.2) is 13.2 Å². The maximum atomic E-state index is 11.6. The van der Waals surface area contributed by atoms with Crippen LogP contribution in [0.5, 0.6) is 11.5 Å². The molecule has 1 aromatic rings. The van der Waals surface area contributed by atoms with Crippen LogP contribution in [0.4, 0.5) is 0 Å². The normalized spacial score (nSPS) is 17.9. The van der Waals surface area contributed by atoms with E-state index in [9.17, 15) is 9.59 Å². The highest BCUT2D eigenvalue weighted by Gasteiger charge is 2.06. The second-order valence-corrected chi connectivity index (χ2v) is 4.50. The highest BCUT2D eigenvalue weighted by Crippen LogP contribution is 2.19. The summed E-state index contributed by atoms with van der Waals surface area (Å²) in [6.45, 7) is 2.19. The van der Waals surface area contributed by atoms with Crippen LogP contribution in [0.25, 0.3) is 0 Å². The van der Waals surface area contributed by atoms with Gasteiger partial charge in [0, 0.05) is 32.2 Å². The van der Waals surface area contributed by atoms with Crippen molar-refractivity contribution in [3.63, 3.8) is 0 Å². The average Bonchev–Trinajstić information content (AvgIpc) is 2.49. The summed E-state index contributed by atoms with van der Waals surface area (Å²) in [6.07, 6.45) is 0. The Morgan fingerprint density at radius 2 is 1.33 bits per heavy atom. The van der Waals surface area contributed by atoms with Gasteiger partial charge in [-0.1, -0.05) is 6.07 Å². The van der Waals surface area contributed by atoms with E-state index in [4.69, 9.17) is 9.47 Å². The van der Waals surface area contributed by atoms with Gasteiger partial charge in [-0.3, -0.25) is 9.59 Å². The van der Waals surface area contributed by atoms with Gasteiger partial charge in [0.1, 0.15) is 11.5 Å². The van der Waals surface area contributed by atoms with Gasteiger partial charge in [0.25, 0.3) is 11.8 Å². The minimum atomic E-state index is -0.177. The van der Waals surface area contributed by atoms with E-state index in [2.05, 4.69) is 16.0 Å². The summed E-state index contributed by atoms with van der Waals surface area (Å²) in [5, 5.41) is 8.58. The van der Waals surface area contributed by atoms with Crippen molar-refractivity contribution in [2.24, 2.45) is 0 Å². The van der Waals surface area contributed by atoms with Crippen LogP contribution in [-0.4, -0.2) is 51.2 Å². The number of nitrogens with one attached hydrogen (secondary N) is 3. The van der Waals surface area contributed by atoms with Crippen molar-refractivity contribution in [3.8, 4) is 11.5 Å². The van der Waals surface area contributed by atoms with E-state index in [-0.39, 0.29) is 25.0 Å². The fourth-order valence-electron chi connectivity index (χ4n) is 1.76. The molecule has 1 heterocycles. The average molecular weight is 293 g/mol. The van der Waals surface area contributed by atoms with Crippen LogP contribution in [0.2, 0.25) is 0 Å². The number of hydrogen-bond donors (Lipinski definition) is 3. The number of benzene rings is 1. The van der Waals surface area contributed by atoms with Gasteiger partial charge >= 0.3 is 0 Å². The van der Waals surface area contributed by atoms with Crippen molar-refractivity contribution >= 4 is 11.8 Å². The van der Waals surface area contributed by atoms with Gasteiger partial charge in [-0.15, -0.1) is 0 Å². The predicted molar refractivity (Wildman–Crippen MR) is 76.3 cm³/mol. The van der Waals surface area contributed by atoms with E-state index >= 15 is 0 Å². The molecular weight excluding hydrogens is 274 g/mol. The maximum Gasteiger partial charge on any atom is 0.257 e. The third kappa shape index (κ3) is 5.70. The Kier molecular flexibility index (Phi) is 5.83. The summed E-state index contributed by atoms with van der Waals surface area (Å²) < 4.78 is 10.7. The van der Waals surface area contributed by atoms with Crippen LogP contribution < -0.4 is 25.4 Å². The van der Waals surface area contributed by atoms with Crippen LogP contribution in [0.15, 0.2) is 24.3 Å². The fraction of sp³-hybridized carbons (Fsp3) is 0.429. The molecule has 0 radical (unpaired) electrons. The molecule has 0 atom stereocenters. The Bertz CT molecular complexity index is 454. The number of ether oxygens (including phenoxy) is 2. The first kappa shape index (κ1) is 15.1. The van der Waals surface area contributed by atoms with Crippen molar-refractivity contribution in [1.29, 1.82) is 0 Å². The number of amides is 2. The van der Waals surface area contributed by atoms with E-state index in [0.29, 0.717) is 37.7 Å². The molecule has 1 aliphatic rings. The molecule has 0 saturated carbocycles. The molecule has 0 unspecified atom stereocenters. The summed E-state index contributed by atoms with van der Waals surface area (Å²) in [5.41, 5.74) is 0. The lowest BCUT2D eigenvalue weighted by molar-refractivity contribution is -0.123. The quantitative estimate of drug-likeness (QED) is 0.587. The van der Waals surface area contributed by atoms with Gasteiger partial charge in [-0.05, 0) is 12.1 Å². The van der Waals surface area contributed by atoms with Crippen molar-refractivity contribution in [1.82, 2.24) is 16.0 Å². The number of hydrogen-bond acceptors (Lipinski definition) is 5. The smallest absolute Gasteiger partial charge is 0.257 e. The molecule has 1 aromatic carbocycles. The maximum absolute atomic E-state index is 11.6. The lowest BCUT2D eigenvalue weighted by Gasteiger charge is -2.12. The molecule has 7 heteroatoms. The summed E-state index contributed by atoms with van der Waals surface area (Å²) in [6, 6.07) is 6.84. The first-order valence-electron chi connectivity index (χ1n) is 6.84. The molecule has 0 aromatic heterocycles. The van der Waals surface area contributed by atoms with E-state index in [1.54, 1.807) is 24.3 Å². The molecule has 0 spiro atoms.